The van der Waals surface area contributed by atoms with E-state index in [1.165, 1.54) is 18.2 Å². The summed E-state index contributed by atoms with van der Waals surface area (Å²) in [4.78, 5) is 11.9. The molecule has 0 saturated heterocycles. The number of nitrogens with one attached hydrogen (secondary N) is 1. The van der Waals surface area contributed by atoms with E-state index in [2.05, 4.69) is 5.32 Å². The molecule has 1 aliphatic rings. The second-order valence-electron chi connectivity index (χ2n) is 4.63. The smallest absolute Gasteiger partial charge is 0.255 e. The van der Waals surface area contributed by atoms with Crippen molar-refractivity contribution in [3.63, 3.8) is 0 Å². The van der Waals surface area contributed by atoms with Crippen molar-refractivity contribution in [3.05, 3.63) is 28.8 Å². The van der Waals surface area contributed by atoms with E-state index in [0.717, 1.165) is 19.3 Å². The lowest BCUT2D eigenvalue weighted by Crippen LogP contribution is -2.32. The van der Waals surface area contributed by atoms with E-state index in [0.29, 0.717) is 11.6 Å². The number of aliphatic hydroxyl groups excluding tert-OH is 1. The van der Waals surface area contributed by atoms with E-state index >= 15 is 0 Å². The number of phenolic OH excluding ortho intramolecular Hbond substituents is 1. The van der Waals surface area contributed by atoms with Crippen LogP contribution >= 0.6 is 11.6 Å². The van der Waals surface area contributed by atoms with Gasteiger partial charge in [-0.2, -0.15) is 0 Å². The fourth-order valence-corrected chi connectivity index (χ4v) is 2.44. The lowest BCUT2D eigenvalue weighted by atomic mass is 10.1. The molecule has 2 rings (SSSR count). The van der Waals surface area contributed by atoms with Gasteiger partial charge in [-0.1, -0.05) is 18.0 Å². The van der Waals surface area contributed by atoms with E-state index in [1.807, 2.05) is 0 Å². The van der Waals surface area contributed by atoms with Gasteiger partial charge >= 0.3 is 0 Å². The van der Waals surface area contributed by atoms with Gasteiger partial charge in [0, 0.05) is 17.5 Å². The molecule has 5 heteroatoms. The second-order valence-corrected chi connectivity index (χ2v) is 5.07. The Morgan fingerprint density at radius 3 is 2.89 bits per heavy atom. The second kappa shape index (κ2) is 5.59. The van der Waals surface area contributed by atoms with Crippen LogP contribution in [0.3, 0.4) is 0 Å². The van der Waals surface area contributed by atoms with Gasteiger partial charge in [-0.25, -0.2) is 0 Å². The molecule has 0 aliphatic heterocycles. The molecule has 0 heterocycles. The monoisotopic (exact) mass is 269 g/mol. The number of carbonyl (C=O) groups excluding carboxylic acids is 1. The van der Waals surface area contributed by atoms with Crippen molar-refractivity contribution >= 4 is 17.5 Å². The number of rotatable bonds is 3. The maximum Gasteiger partial charge on any atom is 0.255 e. The highest BCUT2D eigenvalue weighted by molar-refractivity contribution is 6.31. The zero-order valence-corrected chi connectivity index (χ0v) is 10.7. The Kier molecular flexibility index (Phi) is 4.09. The van der Waals surface area contributed by atoms with Crippen molar-refractivity contribution in [1.29, 1.82) is 0 Å². The van der Waals surface area contributed by atoms with Crippen LogP contribution < -0.4 is 5.32 Å². The topological polar surface area (TPSA) is 69.6 Å². The van der Waals surface area contributed by atoms with Crippen molar-refractivity contribution < 1.29 is 15.0 Å². The molecule has 1 fully saturated rings. The van der Waals surface area contributed by atoms with Gasteiger partial charge in [-0.3, -0.25) is 4.79 Å². The summed E-state index contributed by atoms with van der Waals surface area (Å²) < 4.78 is 0. The molecule has 0 bridgehead atoms. The number of hydrogen-bond donors (Lipinski definition) is 3. The first-order valence-electron chi connectivity index (χ1n) is 6.02. The lowest BCUT2D eigenvalue weighted by molar-refractivity contribution is 0.0914. The molecule has 1 amide bonds. The number of phenols is 1. The SMILES string of the molecule is O=C(NCC1CCCC1O)c1cc(Cl)ccc1O. The van der Waals surface area contributed by atoms with E-state index < -0.39 is 0 Å². The number of aromatic hydroxyl groups is 1. The Balaban J connectivity index is 1.97. The summed E-state index contributed by atoms with van der Waals surface area (Å²) in [7, 11) is 0. The minimum absolute atomic E-state index is 0.0936. The zero-order chi connectivity index (χ0) is 13.1. The van der Waals surface area contributed by atoms with E-state index in [1.54, 1.807) is 0 Å². The number of halogens is 1. The third-order valence-corrected chi connectivity index (χ3v) is 3.58. The number of aliphatic hydroxyl groups is 1. The van der Waals surface area contributed by atoms with Crippen molar-refractivity contribution in [1.82, 2.24) is 5.32 Å². The molecule has 1 aromatic rings. The third kappa shape index (κ3) is 2.94. The van der Waals surface area contributed by atoms with Crippen LogP contribution in [0.5, 0.6) is 5.75 Å². The standard InChI is InChI=1S/C13H16ClNO3/c14-9-4-5-12(17)10(6-9)13(18)15-7-8-2-1-3-11(8)16/h4-6,8,11,16-17H,1-3,7H2,(H,15,18). The van der Waals surface area contributed by atoms with Crippen LogP contribution in [0.25, 0.3) is 0 Å². The Labute approximate surface area is 111 Å². The average molecular weight is 270 g/mol. The maximum atomic E-state index is 11.9. The molecule has 3 N–H and O–H groups in total. The first kappa shape index (κ1) is 13.2. The van der Waals surface area contributed by atoms with Gasteiger partial charge in [-0.15, -0.1) is 0 Å². The van der Waals surface area contributed by atoms with Crippen LogP contribution in [0.1, 0.15) is 29.6 Å². The molecular weight excluding hydrogens is 254 g/mol. The van der Waals surface area contributed by atoms with E-state index in [-0.39, 0.29) is 29.2 Å². The van der Waals surface area contributed by atoms with Crippen LogP contribution in [0.2, 0.25) is 5.02 Å². The summed E-state index contributed by atoms with van der Waals surface area (Å²) in [5, 5.41) is 22.4. The van der Waals surface area contributed by atoms with E-state index in [4.69, 9.17) is 11.6 Å². The van der Waals surface area contributed by atoms with Crippen LogP contribution in [0, 0.1) is 5.92 Å². The Bertz CT molecular complexity index is 450. The number of benzene rings is 1. The maximum absolute atomic E-state index is 11.9. The Morgan fingerprint density at radius 2 is 2.22 bits per heavy atom. The highest BCUT2D eigenvalue weighted by Gasteiger charge is 2.25. The van der Waals surface area contributed by atoms with Crippen molar-refractivity contribution in [2.45, 2.75) is 25.4 Å². The highest BCUT2D eigenvalue weighted by atomic mass is 35.5. The van der Waals surface area contributed by atoms with Crippen LogP contribution in [0.15, 0.2) is 18.2 Å². The molecule has 98 valence electrons. The Hall–Kier alpha value is -1.26. The van der Waals surface area contributed by atoms with Crippen LogP contribution in [-0.4, -0.2) is 28.8 Å². The summed E-state index contributed by atoms with van der Waals surface area (Å²) >= 11 is 5.78. The molecule has 2 unspecified atom stereocenters. The lowest BCUT2D eigenvalue weighted by Gasteiger charge is -2.15. The molecule has 18 heavy (non-hydrogen) atoms. The first-order chi connectivity index (χ1) is 8.58. The van der Waals surface area contributed by atoms with Crippen molar-refractivity contribution in [2.75, 3.05) is 6.54 Å². The fraction of sp³-hybridized carbons (Fsp3) is 0.462. The summed E-state index contributed by atoms with van der Waals surface area (Å²) in [5.41, 5.74) is 0.162. The number of amides is 1. The molecule has 0 radical (unpaired) electrons. The van der Waals surface area contributed by atoms with Crippen LogP contribution in [-0.2, 0) is 0 Å². The molecule has 1 aliphatic carbocycles. The zero-order valence-electron chi connectivity index (χ0n) is 9.90. The first-order valence-corrected chi connectivity index (χ1v) is 6.40. The largest absolute Gasteiger partial charge is 0.507 e. The summed E-state index contributed by atoms with van der Waals surface area (Å²) in [6, 6.07) is 4.34. The summed E-state index contributed by atoms with van der Waals surface area (Å²) in [6.07, 6.45) is 2.37. The summed E-state index contributed by atoms with van der Waals surface area (Å²) in [5.74, 6) is -0.353. The predicted molar refractivity (Wildman–Crippen MR) is 68.8 cm³/mol. The quantitative estimate of drug-likeness (QED) is 0.785. The normalized spacial score (nSPS) is 23.0. The molecule has 0 spiro atoms. The molecule has 4 nitrogen and oxygen atoms in total. The molecule has 1 saturated carbocycles. The average Bonchev–Trinajstić information content (AvgIpc) is 2.75. The van der Waals surface area contributed by atoms with Gasteiger partial charge < -0.3 is 15.5 Å². The van der Waals surface area contributed by atoms with Crippen LogP contribution in [0.4, 0.5) is 0 Å². The summed E-state index contributed by atoms with van der Waals surface area (Å²) in [6.45, 7) is 0.423. The van der Waals surface area contributed by atoms with E-state index in [9.17, 15) is 15.0 Å². The third-order valence-electron chi connectivity index (χ3n) is 3.35. The molecule has 0 aromatic heterocycles. The highest BCUT2D eigenvalue weighted by Crippen LogP contribution is 2.25. The van der Waals surface area contributed by atoms with Gasteiger partial charge in [0.1, 0.15) is 5.75 Å². The van der Waals surface area contributed by atoms with Gasteiger partial charge in [0.05, 0.1) is 11.7 Å². The minimum Gasteiger partial charge on any atom is -0.507 e. The fourth-order valence-electron chi connectivity index (χ4n) is 2.26. The van der Waals surface area contributed by atoms with Gasteiger partial charge in [0.15, 0.2) is 0 Å². The molecule has 2 atom stereocenters. The minimum atomic E-state index is -0.367. The predicted octanol–water partition coefficient (Wildman–Crippen LogP) is 1.94. The number of carbonyl (C=O) groups is 1. The van der Waals surface area contributed by atoms with Crippen molar-refractivity contribution in [2.24, 2.45) is 5.92 Å². The van der Waals surface area contributed by atoms with Crippen molar-refractivity contribution in [3.8, 4) is 5.75 Å². The Morgan fingerprint density at radius 1 is 1.44 bits per heavy atom. The van der Waals surface area contributed by atoms with Gasteiger partial charge in [-0.05, 0) is 31.0 Å². The van der Waals surface area contributed by atoms with Gasteiger partial charge in [0.25, 0.3) is 5.91 Å². The molecular formula is C13H16ClNO3. The van der Waals surface area contributed by atoms with Gasteiger partial charge in [0.2, 0.25) is 0 Å². The number of hydrogen-bond acceptors (Lipinski definition) is 3. The molecule has 1 aromatic carbocycles.